The van der Waals surface area contributed by atoms with Crippen LogP contribution >= 0.6 is 0 Å². The van der Waals surface area contributed by atoms with Gasteiger partial charge in [0.05, 0.1) is 29.2 Å². The van der Waals surface area contributed by atoms with E-state index < -0.39 is 26.6 Å². The van der Waals surface area contributed by atoms with Gasteiger partial charge in [0.1, 0.15) is 6.67 Å². The van der Waals surface area contributed by atoms with Crippen LogP contribution in [0.25, 0.3) is 0 Å². The molecule has 9 heteroatoms. The number of nitrogens with zero attached hydrogens (tertiary/aromatic N) is 2. The van der Waals surface area contributed by atoms with Crippen LogP contribution in [-0.2, 0) is 31.8 Å². The van der Waals surface area contributed by atoms with Crippen molar-refractivity contribution < 1.29 is 18.5 Å². The van der Waals surface area contributed by atoms with Crippen LogP contribution in [0.5, 0.6) is 0 Å². The van der Waals surface area contributed by atoms with Crippen LogP contribution in [0.4, 0.5) is 0 Å². The fraction of sp³-hybridized carbons (Fsp3) is 0.800. The third-order valence-corrected chi connectivity index (χ3v) is 11.1. The summed E-state index contributed by atoms with van der Waals surface area (Å²) in [6.45, 7) is 23.4. The number of nitrogens with one attached hydrogen (secondary N) is 1. The monoisotopic (exact) mass is 423 g/mol. The van der Waals surface area contributed by atoms with E-state index in [1.165, 1.54) is 6.92 Å². The number of hydrogen-bond acceptors (Lipinski definition) is 5. The Kier molecular flexibility index (Phi) is 6.51. The Bertz CT molecular complexity index is 753. The van der Waals surface area contributed by atoms with Gasteiger partial charge in [-0.2, -0.15) is 5.10 Å². The van der Waals surface area contributed by atoms with Crippen LogP contribution < -0.4 is 10.8 Å². The van der Waals surface area contributed by atoms with E-state index in [0.717, 1.165) is 16.9 Å². The van der Waals surface area contributed by atoms with Crippen molar-refractivity contribution in [2.24, 2.45) is 0 Å². The predicted molar refractivity (Wildman–Crippen MR) is 118 cm³/mol. The Labute approximate surface area is 177 Å². The molecule has 0 aliphatic carbocycles. The first-order chi connectivity index (χ1) is 13.0. The molecule has 1 fully saturated rings. The van der Waals surface area contributed by atoms with Crippen molar-refractivity contribution in [3.05, 3.63) is 11.4 Å². The second kappa shape index (κ2) is 7.83. The van der Waals surface area contributed by atoms with E-state index in [-0.39, 0.29) is 17.6 Å². The van der Waals surface area contributed by atoms with Gasteiger partial charge >= 0.3 is 7.12 Å². The second-order valence-electron chi connectivity index (χ2n) is 10.5. The molecule has 0 saturated carbocycles. The maximum atomic E-state index is 11.5. The third-order valence-electron chi connectivity index (χ3n) is 6.63. The van der Waals surface area contributed by atoms with Gasteiger partial charge in [0.15, 0.2) is 8.32 Å². The summed E-state index contributed by atoms with van der Waals surface area (Å²) < 4.78 is 20.9. The first kappa shape index (κ1) is 24.1. The summed E-state index contributed by atoms with van der Waals surface area (Å²) in [6, 6.07) is 0. The minimum absolute atomic E-state index is 0.0923. The molecule has 1 aromatic rings. The van der Waals surface area contributed by atoms with Crippen LogP contribution in [0.15, 0.2) is 0 Å². The molecule has 1 N–H and O–H groups in total. The van der Waals surface area contributed by atoms with Crippen LogP contribution in [0.2, 0.25) is 18.1 Å². The Morgan fingerprint density at radius 1 is 1.21 bits per heavy atom. The Morgan fingerprint density at radius 2 is 1.72 bits per heavy atom. The molecule has 7 nitrogen and oxygen atoms in total. The van der Waals surface area contributed by atoms with E-state index in [4.69, 9.17) is 13.7 Å². The lowest BCUT2D eigenvalue weighted by atomic mass is 9.77. The summed E-state index contributed by atoms with van der Waals surface area (Å²) in [5.74, 6) is -0.105. The molecule has 0 bridgehead atoms. The van der Waals surface area contributed by atoms with Crippen molar-refractivity contribution in [1.29, 1.82) is 0 Å². The minimum Gasteiger partial charge on any atom is -0.411 e. The molecule has 29 heavy (non-hydrogen) atoms. The van der Waals surface area contributed by atoms with Crippen molar-refractivity contribution in [2.45, 2.75) is 105 Å². The molecule has 1 amide bonds. The molecule has 0 spiro atoms. The minimum atomic E-state index is -1.98. The molecule has 2 heterocycles. The molecular weight excluding hydrogens is 385 g/mol. The number of aromatic nitrogens is 2. The predicted octanol–water partition coefficient (Wildman–Crippen LogP) is 3.11. The molecular formula is C20H38BN3O4Si. The molecule has 1 aromatic heterocycles. The third kappa shape index (κ3) is 4.95. The lowest BCUT2D eigenvalue weighted by molar-refractivity contribution is -0.119. The number of hydrogen-bond donors (Lipinski definition) is 1. The summed E-state index contributed by atoms with van der Waals surface area (Å²) in [7, 11) is -2.50. The van der Waals surface area contributed by atoms with Crippen molar-refractivity contribution in [3.8, 4) is 0 Å². The highest BCUT2D eigenvalue weighted by atomic mass is 28.4. The largest absolute Gasteiger partial charge is 0.498 e. The van der Waals surface area contributed by atoms with Gasteiger partial charge in [0, 0.05) is 12.4 Å². The van der Waals surface area contributed by atoms with Crippen molar-refractivity contribution >= 4 is 26.8 Å². The van der Waals surface area contributed by atoms with E-state index >= 15 is 0 Å². The fourth-order valence-electron chi connectivity index (χ4n) is 2.85. The van der Waals surface area contributed by atoms with Crippen molar-refractivity contribution in [1.82, 2.24) is 15.1 Å². The highest BCUT2D eigenvalue weighted by Gasteiger charge is 2.53. The summed E-state index contributed by atoms with van der Waals surface area (Å²) in [4.78, 5) is 11.5. The topological polar surface area (TPSA) is 74.6 Å². The number of carbonyl (C=O) groups excluding carboxylic acids is 1. The maximum Gasteiger partial charge on any atom is 0.498 e. The highest BCUT2D eigenvalue weighted by molar-refractivity contribution is 6.74. The smallest absolute Gasteiger partial charge is 0.411 e. The number of aryl methyl sites for hydroxylation is 1. The maximum absolute atomic E-state index is 11.5. The Balaban J connectivity index is 2.42. The molecule has 2 rings (SSSR count). The molecule has 1 saturated heterocycles. The van der Waals surface area contributed by atoms with Crippen LogP contribution in [0.1, 0.15) is 66.8 Å². The first-order valence-corrected chi connectivity index (χ1v) is 13.2. The van der Waals surface area contributed by atoms with Crippen molar-refractivity contribution in [2.75, 3.05) is 0 Å². The average Bonchev–Trinajstić information content (AvgIpc) is 2.94. The van der Waals surface area contributed by atoms with Crippen molar-refractivity contribution in [3.63, 3.8) is 0 Å². The molecule has 1 aliphatic rings. The molecule has 0 atom stereocenters. The molecule has 1 aliphatic heterocycles. The quantitative estimate of drug-likeness (QED) is 0.712. The zero-order chi connectivity index (χ0) is 22.4. The average molecular weight is 423 g/mol. The summed E-state index contributed by atoms with van der Waals surface area (Å²) >= 11 is 0. The van der Waals surface area contributed by atoms with E-state index in [1.54, 1.807) is 4.68 Å². The van der Waals surface area contributed by atoms with Gasteiger partial charge in [-0.25, -0.2) is 4.68 Å². The van der Waals surface area contributed by atoms with Gasteiger partial charge in [-0.15, -0.1) is 0 Å². The van der Waals surface area contributed by atoms with Gasteiger partial charge in [0.2, 0.25) is 5.91 Å². The second-order valence-corrected chi connectivity index (χ2v) is 15.3. The normalized spacial score (nSPS) is 18.9. The van der Waals surface area contributed by atoms with Gasteiger partial charge < -0.3 is 19.1 Å². The van der Waals surface area contributed by atoms with Gasteiger partial charge in [-0.1, -0.05) is 20.8 Å². The summed E-state index contributed by atoms with van der Waals surface area (Å²) in [6.07, 6.45) is 0. The molecule has 0 radical (unpaired) electrons. The SMILES string of the molecule is CC(=O)NCn1nc(C)c(B2OC(C)(C)C(C)(C)O2)c1CO[Si](C)(C)C(C)(C)C. The van der Waals surface area contributed by atoms with Crippen LogP contribution in [0, 0.1) is 6.92 Å². The highest BCUT2D eigenvalue weighted by Crippen LogP contribution is 2.38. The standard InChI is InChI=1S/C20H38BN3O4Si/c1-14-17(21-27-19(6,7)20(8,9)28-21)16(24(23-14)13-22-15(2)25)12-26-29(10,11)18(3,4)5/h12-13H2,1-11H3,(H,22,25). The Morgan fingerprint density at radius 3 is 2.17 bits per heavy atom. The lowest BCUT2D eigenvalue weighted by Crippen LogP contribution is -2.43. The fourth-order valence-corrected chi connectivity index (χ4v) is 3.78. The lowest BCUT2D eigenvalue weighted by Gasteiger charge is -2.36. The Hall–Kier alpha value is -1.16. The van der Waals surface area contributed by atoms with E-state index in [2.05, 4.69) is 44.3 Å². The van der Waals surface area contributed by atoms with Crippen LogP contribution in [0.3, 0.4) is 0 Å². The summed E-state index contributed by atoms with van der Waals surface area (Å²) in [5.41, 5.74) is 1.72. The van der Waals surface area contributed by atoms with Gasteiger partial charge in [0.25, 0.3) is 0 Å². The van der Waals surface area contributed by atoms with E-state index in [1.807, 2.05) is 34.6 Å². The van der Waals surface area contributed by atoms with Gasteiger partial charge in [-0.3, -0.25) is 4.79 Å². The molecule has 0 aromatic carbocycles. The molecule has 164 valence electrons. The first-order valence-electron chi connectivity index (χ1n) is 10.3. The van der Waals surface area contributed by atoms with E-state index in [0.29, 0.717) is 6.61 Å². The zero-order valence-corrected chi connectivity index (χ0v) is 21.0. The van der Waals surface area contributed by atoms with Crippen LogP contribution in [-0.4, -0.2) is 42.3 Å². The summed E-state index contributed by atoms with van der Waals surface area (Å²) in [5, 5.41) is 7.58. The molecule has 0 unspecified atom stereocenters. The van der Waals surface area contributed by atoms with E-state index in [9.17, 15) is 4.79 Å². The number of rotatable bonds is 6. The number of carbonyl (C=O) groups is 1. The van der Waals surface area contributed by atoms with Gasteiger partial charge in [-0.05, 0) is 52.8 Å². The zero-order valence-electron chi connectivity index (χ0n) is 20.0. The number of amides is 1.